The van der Waals surface area contributed by atoms with Crippen LogP contribution >= 0.6 is 0 Å². The molecule has 0 aromatic carbocycles. The predicted octanol–water partition coefficient (Wildman–Crippen LogP) is 3.33. The number of hydrogen-bond donors (Lipinski definition) is 0. The van der Waals surface area contributed by atoms with Crippen molar-refractivity contribution in [3.8, 4) is 0 Å². The molecule has 0 atom stereocenters. The van der Waals surface area contributed by atoms with Gasteiger partial charge in [-0.3, -0.25) is 9.98 Å². The maximum absolute atomic E-state index is 4.46. The SMILES string of the molecule is C\C=C(/N=C/C=C/C)C1=NCCC(C)=C1. The van der Waals surface area contributed by atoms with E-state index in [2.05, 4.69) is 23.0 Å². The van der Waals surface area contributed by atoms with Crippen molar-refractivity contribution in [3.63, 3.8) is 0 Å². The maximum Gasteiger partial charge on any atom is 0.0839 e. The van der Waals surface area contributed by atoms with Gasteiger partial charge in [-0.2, -0.15) is 0 Å². The van der Waals surface area contributed by atoms with Crippen molar-refractivity contribution in [2.24, 2.45) is 9.98 Å². The zero-order valence-electron chi connectivity index (χ0n) is 9.70. The van der Waals surface area contributed by atoms with Crippen LogP contribution in [0.2, 0.25) is 0 Å². The molecule has 0 N–H and O–H groups in total. The van der Waals surface area contributed by atoms with Crippen LogP contribution in [-0.2, 0) is 0 Å². The van der Waals surface area contributed by atoms with Crippen molar-refractivity contribution in [2.75, 3.05) is 6.54 Å². The zero-order chi connectivity index (χ0) is 11.1. The van der Waals surface area contributed by atoms with Gasteiger partial charge in [0, 0.05) is 12.8 Å². The first-order valence-corrected chi connectivity index (χ1v) is 5.31. The van der Waals surface area contributed by atoms with Gasteiger partial charge in [-0.1, -0.05) is 17.7 Å². The molecule has 0 aliphatic carbocycles. The highest BCUT2D eigenvalue weighted by atomic mass is 14.8. The van der Waals surface area contributed by atoms with Crippen LogP contribution in [0.1, 0.15) is 27.2 Å². The van der Waals surface area contributed by atoms with Crippen LogP contribution in [0, 0.1) is 0 Å². The Kier molecular flexibility index (Phi) is 4.75. The molecule has 0 saturated heterocycles. The summed E-state index contributed by atoms with van der Waals surface area (Å²) in [5.41, 5.74) is 3.33. The number of dihydropyridines is 1. The van der Waals surface area contributed by atoms with E-state index in [1.165, 1.54) is 5.57 Å². The molecule has 0 aromatic rings. The Bertz CT molecular complexity index is 355. The van der Waals surface area contributed by atoms with Crippen molar-refractivity contribution in [3.05, 3.63) is 35.6 Å². The molecule has 0 saturated carbocycles. The Labute approximate surface area is 91.8 Å². The van der Waals surface area contributed by atoms with Crippen molar-refractivity contribution in [1.29, 1.82) is 0 Å². The summed E-state index contributed by atoms with van der Waals surface area (Å²) in [5.74, 6) is 0. The molecule has 0 amide bonds. The summed E-state index contributed by atoms with van der Waals surface area (Å²) in [4.78, 5) is 8.83. The Hall–Kier alpha value is -1.44. The minimum atomic E-state index is 0.883. The van der Waals surface area contributed by atoms with Gasteiger partial charge in [0.2, 0.25) is 0 Å². The van der Waals surface area contributed by atoms with E-state index in [0.29, 0.717) is 0 Å². The standard InChI is InChI=1S/C13H18N2/c1-4-6-8-14-12(5-2)13-10-11(3)7-9-15-13/h4-6,8,10H,7,9H2,1-3H3/b6-4+,12-5-,14-8+. The molecule has 1 rings (SSSR count). The summed E-state index contributed by atoms with van der Waals surface area (Å²) in [6.07, 6.45) is 10.9. The minimum absolute atomic E-state index is 0.883. The van der Waals surface area contributed by atoms with E-state index < -0.39 is 0 Å². The number of allylic oxidation sites excluding steroid dienone is 4. The Balaban J connectivity index is 2.81. The molecule has 0 bridgehead atoms. The van der Waals surface area contributed by atoms with Gasteiger partial charge in [0.25, 0.3) is 0 Å². The van der Waals surface area contributed by atoms with E-state index >= 15 is 0 Å². The van der Waals surface area contributed by atoms with Crippen LogP contribution in [0.3, 0.4) is 0 Å². The van der Waals surface area contributed by atoms with Crippen LogP contribution in [-0.4, -0.2) is 18.5 Å². The second-order valence-corrected chi connectivity index (χ2v) is 3.49. The van der Waals surface area contributed by atoms with E-state index in [1.807, 2.05) is 32.1 Å². The molecular weight excluding hydrogens is 184 g/mol. The fourth-order valence-corrected chi connectivity index (χ4v) is 1.36. The first-order chi connectivity index (χ1) is 7.27. The van der Waals surface area contributed by atoms with Gasteiger partial charge >= 0.3 is 0 Å². The van der Waals surface area contributed by atoms with E-state index in [4.69, 9.17) is 0 Å². The molecular formula is C13H18N2. The van der Waals surface area contributed by atoms with E-state index in [9.17, 15) is 0 Å². The molecule has 0 aromatic heterocycles. The lowest BCUT2D eigenvalue weighted by atomic mass is 10.1. The highest BCUT2D eigenvalue weighted by Crippen LogP contribution is 2.12. The molecule has 0 spiro atoms. The Morgan fingerprint density at radius 3 is 2.87 bits per heavy atom. The minimum Gasteiger partial charge on any atom is -0.283 e. The zero-order valence-corrected chi connectivity index (χ0v) is 9.70. The molecule has 0 radical (unpaired) electrons. The lowest BCUT2D eigenvalue weighted by Crippen LogP contribution is -2.05. The highest BCUT2D eigenvalue weighted by molar-refractivity contribution is 6.09. The van der Waals surface area contributed by atoms with Gasteiger partial charge in [-0.25, -0.2) is 0 Å². The fourth-order valence-electron chi connectivity index (χ4n) is 1.36. The van der Waals surface area contributed by atoms with E-state index in [1.54, 1.807) is 6.21 Å². The predicted molar refractivity (Wildman–Crippen MR) is 67.7 cm³/mol. The summed E-state index contributed by atoms with van der Waals surface area (Å²) < 4.78 is 0. The molecule has 1 aliphatic heterocycles. The molecule has 0 fully saturated rings. The number of hydrogen-bond acceptors (Lipinski definition) is 2. The lowest BCUT2D eigenvalue weighted by Gasteiger charge is -2.09. The average molecular weight is 202 g/mol. The summed E-state index contributed by atoms with van der Waals surface area (Å²) in [6.45, 7) is 6.98. The Morgan fingerprint density at radius 2 is 2.27 bits per heavy atom. The van der Waals surface area contributed by atoms with Gasteiger partial charge in [-0.05, 0) is 39.3 Å². The Morgan fingerprint density at radius 1 is 1.47 bits per heavy atom. The van der Waals surface area contributed by atoms with Crippen molar-refractivity contribution in [2.45, 2.75) is 27.2 Å². The smallest absolute Gasteiger partial charge is 0.0839 e. The second-order valence-electron chi connectivity index (χ2n) is 3.49. The second kappa shape index (κ2) is 6.12. The van der Waals surface area contributed by atoms with Crippen LogP contribution in [0.4, 0.5) is 0 Å². The van der Waals surface area contributed by atoms with Gasteiger partial charge in [0.15, 0.2) is 0 Å². The maximum atomic E-state index is 4.46. The van der Waals surface area contributed by atoms with Crippen molar-refractivity contribution < 1.29 is 0 Å². The summed E-state index contributed by atoms with van der Waals surface area (Å²) >= 11 is 0. The molecule has 80 valence electrons. The van der Waals surface area contributed by atoms with Gasteiger partial charge in [-0.15, -0.1) is 0 Å². The van der Waals surface area contributed by atoms with Crippen LogP contribution in [0.25, 0.3) is 0 Å². The molecule has 1 aliphatic rings. The van der Waals surface area contributed by atoms with Gasteiger partial charge < -0.3 is 0 Å². The highest BCUT2D eigenvalue weighted by Gasteiger charge is 2.06. The molecule has 0 unspecified atom stereocenters. The molecule has 2 heteroatoms. The van der Waals surface area contributed by atoms with Crippen LogP contribution in [0.5, 0.6) is 0 Å². The third kappa shape index (κ3) is 3.66. The number of aliphatic imine (C=N–C) groups is 2. The third-order valence-electron chi connectivity index (χ3n) is 2.20. The largest absolute Gasteiger partial charge is 0.283 e. The summed E-state index contributed by atoms with van der Waals surface area (Å²) in [6, 6.07) is 0. The normalized spacial score (nSPS) is 18.5. The number of nitrogens with zero attached hydrogens (tertiary/aromatic N) is 2. The average Bonchev–Trinajstić information content (AvgIpc) is 2.24. The van der Waals surface area contributed by atoms with E-state index in [0.717, 1.165) is 24.4 Å². The number of rotatable bonds is 3. The first kappa shape index (κ1) is 11.6. The topological polar surface area (TPSA) is 24.7 Å². The quantitative estimate of drug-likeness (QED) is 0.627. The third-order valence-corrected chi connectivity index (χ3v) is 2.20. The molecule has 2 nitrogen and oxygen atoms in total. The van der Waals surface area contributed by atoms with Crippen LogP contribution < -0.4 is 0 Å². The molecule has 1 heterocycles. The van der Waals surface area contributed by atoms with Crippen LogP contribution in [0.15, 0.2) is 45.6 Å². The first-order valence-electron chi connectivity index (χ1n) is 5.31. The van der Waals surface area contributed by atoms with Gasteiger partial charge in [0.05, 0.1) is 11.4 Å². The van der Waals surface area contributed by atoms with Crippen molar-refractivity contribution >= 4 is 11.9 Å². The lowest BCUT2D eigenvalue weighted by molar-refractivity contribution is 0.934. The summed E-state index contributed by atoms with van der Waals surface area (Å²) in [5, 5.41) is 0. The molecule has 15 heavy (non-hydrogen) atoms. The monoisotopic (exact) mass is 202 g/mol. The van der Waals surface area contributed by atoms with Gasteiger partial charge in [0.1, 0.15) is 0 Å². The summed E-state index contributed by atoms with van der Waals surface area (Å²) in [7, 11) is 0. The van der Waals surface area contributed by atoms with Crippen molar-refractivity contribution in [1.82, 2.24) is 0 Å². The van der Waals surface area contributed by atoms with E-state index in [-0.39, 0.29) is 0 Å². The fraction of sp³-hybridized carbons (Fsp3) is 0.385.